The molecule has 8 heteroatoms. The molecule has 1 N–H and O–H groups in total. The summed E-state index contributed by atoms with van der Waals surface area (Å²) in [5.74, 6) is 3.34. The van der Waals surface area contributed by atoms with E-state index in [1.54, 1.807) is 6.20 Å². The van der Waals surface area contributed by atoms with Crippen LogP contribution in [0.2, 0.25) is 0 Å². The summed E-state index contributed by atoms with van der Waals surface area (Å²) < 4.78 is 4.05. The van der Waals surface area contributed by atoms with Crippen LogP contribution in [0.15, 0.2) is 12.3 Å². The van der Waals surface area contributed by atoms with Crippen LogP contribution in [0, 0.1) is 12.8 Å². The zero-order valence-corrected chi connectivity index (χ0v) is 14.1. The highest BCUT2D eigenvalue weighted by atomic mass is 16.2. The smallest absolute Gasteiger partial charge is 0.239 e. The van der Waals surface area contributed by atoms with Crippen LogP contribution in [-0.4, -0.2) is 48.4 Å². The minimum absolute atomic E-state index is 0.00978. The van der Waals surface area contributed by atoms with Crippen molar-refractivity contribution < 1.29 is 4.79 Å². The highest BCUT2D eigenvalue weighted by molar-refractivity contribution is 5.91. The van der Waals surface area contributed by atoms with Crippen LogP contribution >= 0.6 is 0 Å². The molecule has 0 saturated heterocycles. The first kappa shape index (κ1) is 15.3. The van der Waals surface area contributed by atoms with E-state index in [9.17, 15) is 4.79 Å². The maximum Gasteiger partial charge on any atom is 0.239 e. The molecule has 1 aliphatic heterocycles. The zero-order valence-electron chi connectivity index (χ0n) is 14.1. The van der Waals surface area contributed by atoms with Crippen LogP contribution in [0.5, 0.6) is 0 Å². The molecule has 2 aromatic heterocycles. The number of carbonyl (C=O) groups excluding carboxylic acids is 1. The largest absolute Gasteiger partial charge is 0.313 e. The first-order valence-electron chi connectivity index (χ1n) is 8.56. The Kier molecular flexibility index (Phi) is 3.84. The Balaban J connectivity index is 1.37. The minimum atomic E-state index is -0.00978. The van der Waals surface area contributed by atoms with Crippen molar-refractivity contribution in [1.29, 1.82) is 0 Å². The summed E-state index contributed by atoms with van der Waals surface area (Å²) in [5, 5.41) is 15.7. The van der Waals surface area contributed by atoms with Gasteiger partial charge in [-0.2, -0.15) is 5.10 Å². The Labute approximate surface area is 140 Å². The molecule has 128 valence electrons. The van der Waals surface area contributed by atoms with Gasteiger partial charge in [-0.15, -0.1) is 10.2 Å². The molecule has 1 fully saturated rings. The van der Waals surface area contributed by atoms with Crippen LogP contribution in [0.4, 0.5) is 5.82 Å². The highest BCUT2D eigenvalue weighted by Crippen LogP contribution is 2.40. The fourth-order valence-electron chi connectivity index (χ4n) is 3.39. The van der Waals surface area contributed by atoms with E-state index in [4.69, 9.17) is 0 Å². The number of aryl methyl sites for hydroxylation is 1. The van der Waals surface area contributed by atoms with E-state index >= 15 is 0 Å². The fourth-order valence-corrected chi connectivity index (χ4v) is 3.39. The molecule has 0 unspecified atom stereocenters. The van der Waals surface area contributed by atoms with Crippen LogP contribution in [-0.2, 0) is 17.9 Å². The van der Waals surface area contributed by atoms with Gasteiger partial charge in [0.1, 0.15) is 17.5 Å². The first-order valence-corrected chi connectivity index (χ1v) is 8.56. The highest BCUT2D eigenvalue weighted by Gasteiger charge is 2.31. The van der Waals surface area contributed by atoms with Crippen LogP contribution in [0.25, 0.3) is 0 Å². The van der Waals surface area contributed by atoms with E-state index in [2.05, 4.69) is 37.0 Å². The molecule has 0 bridgehead atoms. The molecule has 3 heterocycles. The van der Waals surface area contributed by atoms with Crippen LogP contribution in [0.1, 0.15) is 37.5 Å². The Hall–Kier alpha value is -2.22. The average Bonchev–Trinajstić information content (AvgIpc) is 3.22. The second kappa shape index (κ2) is 6.01. The Morgan fingerprint density at radius 3 is 3.00 bits per heavy atom. The van der Waals surface area contributed by atoms with E-state index in [1.165, 1.54) is 12.8 Å². The molecule has 2 aromatic rings. The molecule has 1 atom stereocenters. The lowest BCUT2D eigenvalue weighted by molar-refractivity contribution is -0.117. The van der Waals surface area contributed by atoms with Gasteiger partial charge in [0.25, 0.3) is 0 Å². The predicted octanol–water partition coefficient (Wildman–Crippen LogP) is 1.21. The number of nitrogens with one attached hydrogen (secondary N) is 1. The van der Waals surface area contributed by atoms with Crippen molar-refractivity contribution >= 4 is 11.7 Å². The lowest BCUT2D eigenvalue weighted by Gasteiger charge is -2.26. The molecular formula is C16H23N7O. The molecule has 1 aliphatic carbocycles. The molecular weight excluding hydrogens is 306 g/mol. The lowest BCUT2D eigenvalue weighted by Crippen LogP contribution is -2.39. The van der Waals surface area contributed by atoms with Crippen LogP contribution in [0.3, 0.4) is 0 Å². The summed E-state index contributed by atoms with van der Waals surface area (Å²) in [7, 11) is 0. The van der Waals surface area contributed by atoms with Crippen molar-refractivity contribution in [2.75, 3.05) is 18.4 Å². The third kappa shape index (κ3) is 2.93. The number of rotatable bonds is 5. The summed E-state index contributed by atoms with van der Waals surface area (Å²) in [5.41, 5.74) is 0. The van der Waals surface area contributed by atoms with Crippen molar-refractivity contribution in [2.45, 2.75) is 45.8 Å². The van der Waals surface area contributed by atoms with Gasteiger partial charge in [-0.3, -0.25) is 9.69 Å². The molecule has 0 aromatic carbocycles. The minimum Gasteiger partial charge on any atom is -0.313 e. The zero-order chi connectivity index (χ0) is 16.7. The maximum absolute atomic E-state index is 12.4. The Morgan fingerprint density at radius 2 is 2.21 bits per heavy atom. The quantitative estimate of drug-likeness (QED) is 0.892. The number of aromatic nitrogens is 5. The Bertz CT molecular complexity index is 745. The van der Waals surface area contributed by atoms with Crippen molar-refractivity contribution in [1.82, 2.24) is 29.4 Å². The van der Waals surface area contributed by atoms with E-state index < -0.39 is 0 Å². The normalized spacial score (nSPS) is 19.1. The van der Waals surface area contributed by atoms with Crippen molar-refractivity contribution in [3.63, 3.8) is 0 Å². The molecule has 24 heavy (non-hydrogen) atoms. The van der Waals surface area contributed by atoms with Crippen molar-refractivity contribution in [3.8, 4) is 0 Å². The van der Waals surface area contributed by atoms with E-state index in [0.29, 0.717) is 25.0 Å². The van der Waals surface area contributed by atoms with Gasteiger partial charge in [-0.05, 0) is 32.6 Å². The summed E-state index contributed by atoms with van der Waals surface area (Å²) in [4.78, 5) is 14.5. The number of carbonyl (C=O) groups is 1. The molecule has 1 amide bonds. The van der Waals surface area contributed by atoms with E-state index in [-0.39, 0.29) is 5.91 Å². The van der Waals surface area contributed by atoms with E-state index in [1.807, 2.05) is 17.7 Å². The summed E-state index contributed by atoms with van der Waals surface area (Å²) in [6.07, 6.45) is 4.26. The molecule has 8 nitrogen and oxygen atoms in total. The summed E-state index contributed by atoms with van der Waals surface area (Å²) in [6.45, 7) is 6.80. The third-order valence-electron chi connectivity index (χ3n) is 5.01. The number of anilines is 1. The number of fused-ring (bicyclic) bond motifs is 1. The molecule has 0 spiro atoms. The van der Waals surface area contributed by atoms with Crippen molar-refractivity contribution in [3.05, 3.63) is 23.9 Å². The second-order valence-corrected chi connectivity index (χ2v) is 6.81. The number of amides is 1. The molecule has 4 rings (SSSR count). The lowest BCUT2D eigenvalue weighted by atomic mass is 10.2. The maximum atomic E-state index is 12.4. The second-order valence-electron chi connectivity index (χ2n) is 6.81. The summed E-state index contributed by atoms with van der Waals surface area (Å²) in [6, 6.07) is 2.21. The van der Waals surface area contributed by atoms with Crippen LogP contribution < -0.4 is 5.32 Å². The van der Waals surface area contributed by atoms with E-state index in [0.717, 1.165) is 30.6 Å². The van der Waals surface area contributed by atoms with Gasteiger partial charge in [0.15, 0.2) is 0 Å². The van der Waals surface area contributed by atoms with Gasteiger partial charge in [0.05, 0.1) is 25.3 Å². The van der Waals surface area contributed by atoms with Gasteiger partial charge in [0.2, 0.25) is 5.91 Å². The standard InChI is InChI=1S/C16H23N7O/c1-11(13-3-4-13)23-14(5-6-17-23)18-16(24)10-21-7-8-22-12(2)19-20-15(22)9-21/h5-6,11,13H,3-4,7-10H2,1-2H3,(H,18,24)/t11-/m0/s1. The SMILES string of the molecule is Cc1nnc2n1CCN(CC(=O)Nc1ccnn1[C@@H](C)C1CC1)C2. The number of hydrogen-bond donors (Lipinski definition) is 1. The topological polar surface area (TPSA) is 80.9 Å². The van der Waals surface area contributed by atoms with Gasteiger partial charge in [-0.1, -0.05) is 0 Å². The van der Waals surface area contributed by atoms with Gasteiger partial charge in [-0.25, -0.2) is 4.68 Å². The van der Waals surface area contributed by atoms with Gasteiger partial charge >= 0.3 is 0 Å². The first-order chi connectivity index (χ1) is 11.6. The third-order valence-corrected chi connectivity index (χ3v) is 5.01. The monoisotopic (exact) mass is 329 g/mol. The fraction of sp³-hybridized carbons (Fsp3) is 0.625. The number of hydrogen-bond acceptors (Lipinski definition) is 5. The van der Waals surface area contributed by atoms with Gasteiger partial charge in [0, 0.05) is 19.2 Å². The Morgan fingerprint density at radius 1 is 1.38 bits per heavy atom. The summed E-state index contributed by atoms with van der Waals surface area (Å²) >= 11 is 0. The van der Waals surface area contributed by atoms with Gasteiger partial charge < -0.3 is 9.88 Å². The van der Waals surface area contributed by atoms with Crippen molar-refractivity contribution in [2.24, 2.45) is 5.92 Å². The predicted molar refractivity (Wildman–Crippen MR) is 88.3 cm³/mol. The average molecular weight is 329 g/mol. The molecule has 0 radical (unpaired) electrons. The molecule has 1 saturated carbocycles. The number of nitrogens with zero attached hydrogens (tertiary/aromatic N) is 6. The molecule has 2 aliphatic rings.